The number of fused-ring (bicyclic) bond motifs is 1. The monoisotopic (exact) mass is 356 g/mol. The van der Waals surface area contributed by atoms with E-state index < -0.39 is 0 Å². The highest BCUT2D eigenvalue weighted by atomic mass is 35.5. The fourth-order valence-electron chi connectivity index (χ4n) is 2.94. The van der Waals surface area contributed by atoms with Crippen molar-refractivity contribution in [1.82, 2.24) is 19.5 Å². The highest BCUT2D eigenvalue weighted by molar-refractivity contribution is 6.30. The molecule has 1 aromatic carbocycles. The predicted octanol–water partition coefficient (Wildman–Crippen LogP) is 3.45. The lowest BCUT2D eigenvalue weighted by Crippen LogP contribution is -2.35. The molecule has 0 saturated heterocycles. The van der Waals surface area contributed by atoms with Crippen molar-refractivity contribution >= 4 is 28.7 Å². The van der Waals surface area contributed by atoms with Crippen molar-refractivity contribution in [3.63, 3.8) is 0 Å². The van der Waals surface area contributed by atoms with Crippen LogP contribution in [0.1, 0.15) is 22.5 Å². The average molecular weight is 357 g/mol. The Kier molecular flexibility index (Phi) is 3.97. The second kappa shape index (κ2) is 6.29. The van der Waals surface area contributed by atoms with Crippen LogP contribution in [-0.4, -0.2) is 38.5 Å². The van der Waals surface area contributed by atoms with Crippen molar-refractivity contribution in [3.05, 3.63) is 70.9 Å². The largest absolute Gasteiger partial charge is 0.333 e. The molecule has 4 rings (SSSR count). The molecule has 0 N–H and O–H groups in total. The van der Waals surface area contributed by atoms with E-state index in [4.69, 9.17) is 11.6 Å². The summed E-state index contributed by atoms with van der Waals surface area (Å²) >= 11 is 5.89. The van der Waals surface area contributed by atoms with Gasteiger partial charge in [0.05, 0.1) is 11.2 Å². The van der Waals surface area contributed by atoms with E-state index in [0.717, 1.165) is 5.57 Å². The Morgan fingerprint density at radius 1 is 1.28 bits per heavy atom. The van der Waals surface area contributed by atoms with Gasteiger partial charge in [-0.25, -0.2) is 13.9 Å². The average Bonchev–Trinajstić information content (AvgIpc) is 3.05. The van der Waals surface area contributed by atoms with Gasteiger partial charge in [0.1, 0.15) is 5.82 Å². The molecule has 1 aliphatic heterocycles. The summed E-state index contributed by atoms with van der Waals surface area (Å²) in [7, 11) is 0. The Balaban J connectivity index is 1.55. The molecule has 3 aromatic rings. The molecule has 126 valence electrons. The van der Waals surface area contributed by atoms with Crippen molar-refractivity contribution in [3.8, 4) is 0 Å². The van der Waals surface area contributed by atoms with Crippen LogP contribution in [0.3, 0.4) is 0 Å². The summed E-state index contributed by atoms with van der Waals surface area (Å²) in [5, 5.41) is 4.69. The molecule has 0 spiro atoms. The van der Waals surface area contributed by atoms with Gasteiger partial charge >= 0.3 is 0 Å². The molecule has 2 aromatic heterocycles. The van der Waals surface area contributed by atoms with Gasteiger partial charge in [-0.3, -0.25) is 4.79 Å². The minimum Gasteiger partial charge on any atom is -0.333 e. The third-order valence-electron chi connectivity index (χ3n) is 4.22. The van der Waals surface area contributed by atoms with Crippen molar-refractivity contribution in [2.45, 2.75) is 6.42 Å². The Labute approximate surface area is 148 Å². The first-order chi connectivity index (χ1) is 12.1. The van der Waals surface area contributed by atoms with Gasteiger partial charge in [-0.15, -0.1) is 0 Å². The smallest absolute Gasteiger partial charge is 0.274 e. The maximum atomic E-state index is 13.9. The Bertz CT molecular complexity index is 998. The lowest BCUT2D eigenvalue weighted by molar-refractivity contribution is 0.0766. The van der Waals surface area contributed by atoms with Gasteiger partial charge in [-0.1, -0.05) is 35.9 Å². The van der Waals surface area contributed by atoms with Crippen LogP contribution in [0.5, 0.6) is 0 Å². The highest BCUT2D eigenvalue weighted by Gasteiger charge is 2.22. The molecule has 5 nitrogen and oxygen atoms in total. The minimum absolute atomic E-state index is 0.176. The predicted molar refractivity (Wildman–Crippen MR) is 92.9 cm³/mol. The lowest BCUT2D eigenvalue weighted by atomic mass is 9.99. The lowest BCUT2D eigenvalue weighted by Gasteiger charge is -2.26. The van der Waals surface area contributed by atoms with E-state index in [-0.39, 0.29) is 11.7 Å². The standard InChI is InChI=1S/C18H14ClFN4O/c19-13-10-21-17-9-16(22-24(17)11-13)18(25)23-7-5-12(6-8-23)14-3-1-2-4-15(14)20/h1-5,9-11H,6-8H2. The zero-order valence-corrected chi connectivity index (χ0v) is 13.9. The number of nitrogens with zero attached hydrogens (tertiary/aromatic N) is 4. The van der Waals surface area contributed by atoms with Crippen LogP contribution in [-0.2, 0) is 0 Å². The molecule has 0 aliphatic carbocycles. The zero-order valence-electron chi connectivity index (χ0n) is 13.2. The summed E-state index contributed by atoms with van der Waals surface area (Å²) in [5.74, 6) is -0.415. The van der Waals surface area contributed by atoms with Gasteiger partial charge in [-0.2, -0.15) is 5.10 Å². The molecule has 3 heterocycles. The van der Waals surface area contributed by atoms with Gasteiger partial charge in [0.2, 0.25) is 0 Å². The van der Waals surface area contributed by atoms with Crippen LogP contribution < -0.4 is 0 Å². The molecule has 0 radical (unpaired) electrons. The maximum absolute atomic E-state index is 13.9. The van der Waals surface area contributed by atoms with Crippen LogP contribution in [0.2, 0.25) is 5.02 Å². The molecular weight excluding hydrogens is 343 g/mol. The van der Waals surface area contributed by atoms with Crippen molar-refractivity contribution in [1.29, 1.82) is 0 Å². The summed E-state index contributed by atoms with van der Waals surface area (Å²) in [5.41, 5.74) is 2.40. The minimum atomic E-state index is -0.239. The number of carbonyl (C=O) groups excluding carboxylic acids is 1. The molecule has 0 fully saturated rings. The third kappa shape index (κ3) is 3.00. The molecule has 0 unspecified atom stereocenters. The Hall–Kier alpha value is -2.73. The topological polar surface area (TPSA) is 50.5 Å². The van der Waals surface area contributed by atoms with Gasteiger partial charge in [0, 0.05) is 30.9 Å². The zero-order chi connectivity index (χ0) is 17.4. The van der Waals surface area contributed by atoms with Crippen LogP contribution in [0.25, 0.3) is 11.2 Å². The fraction of sp³-hybridized carbons (Fsp3) is 0.167. The molecular formula is C18H14ClFN4O. The van der Waals surface area contributed by atoms with Crippen LogP contribution in [0.15, 0.2) is 48.8 Å². The molecule has 0 atom stereocenters. The first-order valence-corrected chi connectivity index (χ1v) is 8.24. The summed E-state index contributed by atoms with van der Waals surface area (Å²) in [6.07, 6.45) is 5.61. The Morgan fingerprint density at radius 3 is 2.88 bits per heavy atom. The number of carbonyl (C=O) groups is 1. The van der Waals surface area contributed by atoms with E-state index in [1.54, 1.807) is 29.3 Å². The third-order valence-corrected chi connectivity index (χ3v) is 4.41. The second-order valence-electron chi connectivity index (χ2n) is 5.81. The molecule has 0 saturated carbocycles. The van der Waals surface area contributed by atoms with Crippen LogP contribution in [0, 0.1) is 5.82 Å². The first kappa shape index (κ1) is 15.8. The van der Waals surface area contributed by atoms with Gasteiger partial charge in [0.15, 0.2) is 11.3 Å². The number of hydrogen-bond acceptors (Lipinski definition) is 3. The number of hydrogen-bond donors (Lipinski definition) is 0. The van der Waals surface area contributed by atoms with E-state index in [9.17, 15) is 9.18 Å². The van der Waals surface area contributed by atoms with Crippen LogP contribution >= 0.6 is 11.6 Å². The maximum Gasteiger partial charge on any atom is 0.274 e. The van der Waals surface area contributed by atoms with E-state index in [1.807, 2.05) is 12.1 Å². The van der Waals surface area contributed by atoms with Crippen molar-refractivity contribution in [2.24, 2.45) is 0 Å². The number of amides is 1. The SMILES string of the molecule is O=C(c1cc2ncc(Cl)cn2n1)N1CC=C(c2ccccc2F)CC1. The first-order valence-electron chi connectivity index (χ1n) is 7.86. The fourth-order valence-corrected chi connectivity index (χ4v) is 3.08. The summed E-state index contributed by atoms with van der Waals surface area (Å²) in [6.45, 7) is 0.936. The number of rotatable bonds is 2. The molecule has 1 amide bonds. The van der Waals surface area contributed by atoms with Gasteiger partial charge in [0.25, 0.3) is 5.91 Å². The molecule has 1 aliphatic rings. The number of benzene rings is 1. The van der Waals surface area contributed by atoms with Crippen molar-refractivity contribution < 1.29 is 9.18 Å². The van der Waals surface area contributed by atoms with E-state index in [2.05, 4.69) is 10.1 Å². The highest BCUT2D eigenvalue weighted by Crippen LogP contribution is 2.25. The van der Waals surface area contributed by atoms with Gasteiger partial charge in [-0.05, 0) is 18.1 Å². The number of aromatic nitrogens is 3. The summed E-state index contributed by atoms with van der Waals surface area (Å²) in [4.78, 5) is 18.5. The van der Waals surface area contributed by atoms with E-state index in [1.165, 1.54) is 16.8 Å². The molecule has 25 heavy (non-hydrogen) atoms. The van der Waals surface area contributed by atoms with E-state index >= 15 is 0 Å². The van der Waals surface area contributed by atoms with Crippen molar-refractivity contribution in [2.75, 3.05) is 13.1 Å². The molecule has 0 bridgehead atoms. The quantitative estimate of drug-likeness (QED) is 0.706. The molecule has 7 heteroatoms. The summed E-state index contributed by atoms with van der Waals surface area (Å²) < 4.78 is 15.4. The second-order valence-corrected chi connectivity index (χ2v) is 6.25. The number of halogens is 2. The van der Waals surface area contributed by atoms with Gasteiger partial charge < -0.3 is 4.90 Å². The van der Waals surface area contributed by atoms with Crippen LogP contribution in [0.4, 0.5) is 4.39 Å². The normalized spacial score (nSPS) is 14.6. The summed E-state index contributed by atoms with van der Waals surface area (Å²) in [6, 6.07) is 8.32. The van der Waals surface area contributed by atoms with E-state index in [0.29, 0.717) is 41.4 Å². The Morgan fingerprint density at radius 2 is 2.12 bits per heavy atom.